The number of nitrogens with zero attached hydrogens (tertiary/aromatic N) is 2. The van der Waals surface area contributed by atoms with Gasteiger partial charge in [-0.3, -0.25) is 9.59 Å². The quantitative estimate of drug-likeness (QED) is 0.332. The molecule has 3 aromatic rings. The second-order valence-electron chi connectivity index (χ2n) is 8.95. The van der Waals surface area contributed by atoms with E-state index in [1.807, 2.05) is 59.5 Å². The summed E-state index contributed by atoms with van der Waals surface area (Å²) >= 11 is 1.73. The summed E-state index contributed by atoms with van der Waals surface area (Å²) < 4.78 is 16.2. The first-order chi connectivity index (χ1) is 18.1. The van der Waals surface area contributed by atoms with E-state index in [1.165, 1.54) is 4.88 Å². The molecule has 0 bridgehead atoms. The maximum atomic E-state index is 13.7. The molecule has 1 atom stereocenters. The van der Waals surface area contributed by atoms with Crippen LogP contribution in [0.2, 0.25) is 0 Å². The van der Waals surface area contributed by atoms with Crippen molar-refractivity contribution in [1.82, 2.24) is 9.80 Å². The molecule has 0 aliphatic carbocycles. The van der Waals surface area contributed by atoms with Gasteiger partial charge < -0.3 is 24.0 Å². The number of rotatable bonds is 12. The number of hydrogen-bond donors (Lipinski definition) is 0. The summed E-state index contributed by atoms with van der Waals surface area (Å²) in [5.74, 6) is 0.495. The van der Waals surface area contributed by atoms with Crippen molar-refractivity contribution >= 4 is 23.2 Å². The molecule has 1 aliphatic heterocycles. The lowest BCUT2D eigenvalue weighted by molar-refractivity contribution is -0.144. The number of thiophene rings is 1. The zero-order chi connectivity index (χ0) is 26.0. The number of ether oxygens (including phenoxy) is 3. The first kappa shape index (κ1) is 26.9. The van der Waals surface area contributed by atoms with Crippen molar-refractivity contribution in [3.05, 3.63) is 87.6 Å². The molecule has 7 nitrogen and oxygen atoms in total. The van der Waals surface area contributed by atoms with Crippen LogP contribution in [0.15, 0.2) is 66.0 Å². The third-order valence-electron chi connectivity index (χ3n) is 6.51. The van der Waals surface area contributed by atoms with Crippen LogP contribution in [0, 0.1) is 0 Å². The van der Waals surface area contributed by atoms with Crippen molar-refractivity contribution in [2.75, 3.05) is 47.1 Å². The number of fused-ring (bicyclic) bond motifs is 1. The van der Waals surface area contributed by atoms with E-state index < -0.39 is 0 Å². The topological polar surface area (TPSA) is 68.3 Å². The van der Waals surface area contributed by atoms with E-state index in [4.69, 9.17) is 14.2 Å². The van der Waals surface area contributed by atoms with Crippen LogP contribution < -0.4 is 4.74 Å². The average Bonchev–Trinajstić information content (AvgIpc) is 3.41. The number of hydrogen-bond acceptors (Lipinski definition) is 6. The van der Waals surface area contributed by atoms with Gasteiger partial charge in [-0.05, 0) is 53.1 Å². The lowest BCUT2D eigenvalue weighted by Gasteiger charge is -2.37. The molecular weight excluding hydrogens is 488 g/mol. The highest BCUT2D eigenvalue weighted by Gasteiger charge is 2.34. The number of methoxy groups -OCH3 is 2. The molecule has 2 amide bonds. The minimum atomic E-state index is -0.199. The minimum Gasteiger partial charge on any atom is -0.497 e. The zero-order valence-corrected chi connectivity index (χ0v) is 22.2. The van der Waals surface area contributed by atoms with E-state index in [9.17, 15) is 9.59 Å². The fraction of sp³-hybridized carbons (Fsp3) is 0.379. The Morgan fingerprint density at radius 3 is 2.57 bits per heavy atom. The predicted octanol–water partition coefficient (Wildman–Crippen LogP) is 4.31. The summed E-state index contributed by atoms with van der Waals surface area (Å²) in [5.41, 5.74) is 3.18. The molecule has 1 aromatic heterocycles. The normalized spacial score (nSPS) is 14.8. The molecule has 2 aromatic carbocycles. The number of carbonyl (C=O) groups is 2. The first-order valence-corrected chi connectivity index (χ1v) is 13.4. The summed E-state index contributed by atoms with van der Waals surface area (Å²) in [7, 11) is 3.27. The predicted molar refractivity (Wildman–Crippen MR) is 144 cm³/mol. The van der Waals surface area contributed by atoms with Crippen LogP contribution in [0.4, 0.5) is 0 Å². The van der Waals surface area contributed by atoms with Crippen LogP contribution >= 0.6 is 11.3 Å². The fourth-order valence-electron chi connectivity index (χ4n) is 4.60. The van der Waals surface area contributed by atoms with E-state index in [1.54, 1.807) is 30.5 Å². The van der Waals surface area contributed by atoms with Gasteiger partial charge in [0.05, 0.1) is 26.3 Å². The number of amides is 2. The van der Waals surface area contributed by atoms with Gasteiger partial charge >= 0.3 is 0 Å². The highest BCUT2D eigenvalue weighted by Crippen LogP contribution is 2.38. The molecule has 1 aliphatic rings. The van der Waals surface area contributed by atoms with Gasteiger partial charge in [0.2, 0.25) is 11.8 Å². The van der Waals surface area contributed by atoms with Crippen LogP contribution in [-0.2, 0) is 32.1 Å². The van der Waals surface area contributed by atoms with E-state index in [-0.39, 0.29) is 31.0 Å². The van der Waals surface area contributed by atoms with Gasteiger partial charge in [0.25, 0.3) is 0 Å². The Morgan fingerprint density at radius 1 is 1.05 bits per heavy atom. The number of carbonyl (C=O) groups excluding carboxylic acids is 2. The van der Waals surface area contributed by atoms with Gasteiger partial charge in [0.15, 0.2) is 0 Å². The summed E-state index contributed by atoms with van der Waals surface area (Å²) in [4.78, 5) is 31.6. The molecule has 37 heavy (non-hydrogen) atoms. The first-order valence-electron chi connectivity index (χ1n) is 12.5. The van der Waals surface area contributed by atoms with Crippen molar-refractivity contribution in [3.63, 3.8) is 0 Å². The summed E-state index contributed by atoms with van der Waals surface area (Å²) in [6.07, 6.45) is 1.45. The molecular formula is C29H34N2O5S. The molecule has 196 valence electrons. The largest absolute Gasteiger partial charge is 0.497 e. The van der Waals surface area contributed by atoms with Gasteiger partial charge in [0.1, 0.15) is 12.4 Å². The Labute approximate surface area is 222 Å². The lowest BCUT2D eigenvalue weighted by Crippen LogP contribution is -2.47. The van der Waals surface area contributed by atoms with Crippen LogP contribution in [0.1, 0.15) is 34.0 Å². The van der Waals surface area contributed by atoms with Gasteiger partial charge in [-0.2, -0.15) is 0 Å². The van der Waals surface area contributed by atoms with Crippen LogP contribution in [0.3, 0.4) is 0 Å². The minimum absolute atomic E-state index is 0.00334. The van der Waals surface area contributed by atoms with Crippen molar-refractivity contribution in [2.45, 2.75) is 25.5 Å². The Balaban J connectivity index is 1.47. The maximum Gasteiger partial charge on any atom is 0.249 e. The van der Waals surface area contributed by atoms with Crippen LogP contribution in [0.25, 0.3) is 0 Å². The lowest BCUT2D eigenvalue weighted by atomic mass is 9.93. The van der Waals surface area contributed by atoms with Crippen molar-refractivity contribution in [2.24, 2.45) is 0 Å². The van der Waals surface area contributed by atoms with Gasteiger partial charge in [-0.1, -0.05) is 42.5 Å². The van der Waals surface area contributed by atoms with Crippen molar-refractivity contribution < 1.29 is 23.8 Å². The molecule has 2 heterocycles. The van der Waals surface area contributed by atoms with E-state index in [0.717, 1.165) is 28.9 Å². The molecule has 8 heteroatoms. The Kier molecular flexibility index (Phi) is 9.71. The average molecular weight is 523 g/mol. The molecule has 0 fully saturated rings. The van der Waals surface area contributed by atoms with Gasteiger partial charge in [-0.25, -0.2) is 0 Å². The van der Waals surface area contributed by atoms with Crippen molar-refractivity contribution in [3.8, 4) is 5.75 Å². The molecule has 0 radical (unpaired) electrons. The molecule has 4 rings (SSSR count). The molecule has 0 saturated heterocycles. The van der Waals surface area contributed by atoms with Gasteiger partial charge in [-0.15, -0.1) is 11.3 Å². The summed E-state index contributed by atoms with van der Waals surface area (Å²) in [6, 6.07) is 19.5. The zero-order valence-electron chi connectivity index (χ0n) is 21.4. The molecule has 1 unspecified atom stereocenters. The van der Waals surface area contributed by atoms with Gasteiger partial charge in [0, 0.05) is 31.7 Å². The van der Waals surface area contributed by atoms with E-state index >= 15 is 0 Å². The Bertz CT molecular complexity index is 1150. The van der Waals surface area contributed by atoms with Crippen LogP contribution in [0.5, 0.6) is 5.75 Å². The SMILES string of the molecule is COCCCN(CC(=O)N1CCc2sccc2C1c1ccc(OC)cc1)C(=O)COCc1ccccc1. The van der Waals surface area contributed by atoms with Crippen LogP contribution in [-0.4, -0.2) is 68.7 Å². The highest BCUT2D eigenvalue weighted by molar-refractivity contribution is 7.10. The monoisotopic (exact) mass is 522 g/mol. The third-order valence-corrected chi connectivity index (χ3v) is 7.51. The molecule has 0 N–H and O–H groups in total. The Morgan fingerprint density at radius 2 is 1.84 bits per heavy atom. The second kappa shape index (κ2) is 13.4. The Hall–Kier alpha value is -3.20. The smallest absolute Gasteiger partial charge is 0.249 e. The maximum absolute atomic E-state index is 13.7. The fourth-order valence-corrected chi connectivity index (χ4v) is 5.50. The summed E-state index contributed by atoms with van der Waals surface area (Å²) in [5, 5.41) is 2.08. The van der Waals surface area contributed by atoms with Crippen molar-refractivity contribution in [1.29, 1.82) is 0 Å². The van der Waals surface area contributed by atoms with E-state index in [0.29, 0.717) is 32.7 Å². The highest BCUT2D eigenvalue weighted by atomic mass is 32.1. The third kappa shape index (κ3) is 6.97. The molecule has 0 spiro atoms. The number of benzene rings is 2. The second-order valence-corrected chi connectivity index (χ2v) is 9.95. The summed E-state index contributed by atoms with van der Waals surface area (Å²) in [6.45, 7) is 1.82. The standard InChI is InChI=1S/C29H34N2O5S/c1-34-17-6-15-30(28(33)21-36-20-22-7-4-3-5-8-22)19-27(32)31-16-13-26-25(14-18-37-26)29(31)23-9-11-24(35-2)12-10-23/h3-5,7-12,14,18,29H,6,13,15-17,19-21H2,1-2H3. The van der Waals surface area contributed by atoms with E-state index in [2.05, 4.69) is 11.4 Å². The molecule has 0 saturated carbocycles.